The van der Waals surface area contributed by atoms with Crippen LogP contribution < -0.4 is 9.64 Å². The molecule has 0 bridgehead atoms. The van der Waals surface area contributed by atoms with Crippen molar-refractivity contribution < 1.29 is 9.47 Å². The van der Waals surface area contributed by atoms with E-state index in [4.69, 9.17) is 14.5 Å². The number of hydrogen-bond donors (Lipinski definition) is 0. The highest BCUT2D eigenvalue weighted by molar-refractivity contribution is 5.88. The molecule has 3 aromatic heterocycles. The number of fused-ring (bicyclic) bond motifs is 1. The molecule has 1 spiro atoms. The van der Waals surface area contributed by atoms with E-state index in [1.54, 1.807) is 11.8 Å². The first-order valence-electron chi connectivity index (χ1n) is 10.7. The van der Waals surface area contributed by atoms with Crippen LogP contribution in [-0.4, -0.2) is 58.1 Å². The Balaban J connectivity index is 1.30. The number of nitrogens with zero attached hydrogens (tertiary/aromatic N) is 6. The molecule has 2 fully saturated rings. The van der Waals surface area contributed by atoms with E-state index in [1.807, 2.05) is 44.0 Å². The number of pyridine rings is 1. The number of rotatable bonds is 5. The summed E-state index contributed by atoms with van der Waals surface area (Å²) in [5.41, 5.74) is 4.39. The van der Waals surface area contributed by atoms with Crippen LogP contribution in [0.1, 0.15) is 11.4 Å². The summed E-state index contributed by atoms with van der Waals surface area (Å²) in [5, 5.41) is 5.26. The molecule has 0 saturated carbocycles. The quantitative estimate of drug-likeness (QED) is 0.484. The van der Waals surface area contributed by atoms with E-state index in [9.17, 15) is 0 Å². The maximum absolute atomic E-state index is 5.69. The first kappa shape index (κ1) is 19.2. The van der Waals surface area contributed by atoms with Gasteiger partial charge in [-0.15, -0.1) is 0 Å². The summed E-state index contributed by atoms with van der Waals surface area (Å²) in [5.74, 6) is 2.50. The Bertz CT molecular complexity index is 1310. The van der Waals surface area contributed by atoms with Crippen molar-refractivity contribution in [2.45, 2.75) is 6.42 Å². The van der Waals surface area contributed by atoms with E-state index in [2.05, 4.69) is 32.1 Å². The molecule has 162 valence electrons. The standard InChI is InChI=1S/C24H24N6O2/c1-29-11-19(10-27-29)16-3-4-17(20(7-16)31-2)8-21-26-9-18-5-6-25-23(22(18)28-21)30-12-24(13-30)14-32-15-24/h3-7,9-11H,8,12-15H2,1-2H3. The number of methoxy groups -OCH3 is 1. The van der Waals surface area contributed by atoms with Gasteiger partial charge in [0.05, 0.1) is 31.9 Å². The molecule has 0 atom stereocenters. The van der Waals surface area contributed by atoms with Crippen molar-refractivity contribution in [2.24, 2.45) is 12.5 Å². The summed E-state index contributed by atoms with van der Waals surface area (Å²) >= 11 is 0. The third-order valence-corrected chi connectivity index (χ3v) is 6.37. The highest BCUT2D eigenvalue weighted by atomic mass is 16.5. The summed E-state index contributed by atoms with van der Waals surface area (Å²) in [4.78, 5) is 16.5. The minimum atomic E-state index is 0.323. The Kier molecular flexibility index (Phi) is 4.36. The van der Waals surface area contributed by atoms with Gasteiger partial charge < -0.3 is 14.4 Å². The minimum Gasteiger partial charge on any atom is -0.496 e. The predicted octanol–water partition coefficient (Wildman–Crippen LogP) is 2.86. The molecule has 8 nitrogen and oxygen atoms in total. The zero-order valence-electron chi connectivity index (χ0n) is 18.2. The maximum atomic E-state index is 5.69. The van der Waals surface area contributed by atoms with Crippen LogP contribution >= 0.6 is 0 Å². The van der Waals surface area contributed by atoms with Gasteiger partial charge in [-0.05, 0) is 17.7 Å². The van der Waals surface area contributed by atoms with Gasteiger partial charge in [0.1, 0.15) is 17.1 Å². The Hall–Kier alpha value is -3.52. The fraction of sp³-hybridized carbons (Fsp3) is 0.333. The smallest absolute Gasteiger partial charge is 0.155 e. The lowest BCUT2D eigenvalue weighted by Crippen LogP contribution is -2.66. The van der Waals surface area contributed by atoms with Crippen LogP contribution in [0.2, 0.25) is 0 Å². The largest absolute Gasteiger partial charge is 0.496 e. The van der Waals surface area contributed by atoms with Crippen molar-refractivity contribution in [2.75, 3.05) is 38.3 Å². The summed E-state index contributed by atoms with van der Waals surface area (Å²) in [6.07, 6.45) is 8.15. The highest BCUT2D eigenvalue weighted by Gasteiger charge is 2.49. The second-order valence-corrected chi connectivity index (χ2v) is 8.81. The molecule has 1 aromatic carbocycles. The van der Waals surface area contributed by atoms with Crippen molar-refractivity contribution in [3.63, 3.8) is 0 Å². The molecule has 4 aromatic rings. The van der Waals surface area contributed by atoms with Crippen molar-refractivity contribution in [3.05, 3.63) is 60.4 Å². The van der Waals surface area contributed by atoms with Gasteiger partial charge in [0.25, 0.3) is 0 Å². The van der Waals surface area contributed by atoms with E-state index >= 15 is 0 Å². The lowest BCUT2D eigenvalue weighted by molar-refractivity contribution is -0.127. The normalized spacial score (nSPS) is 16.8. The van der Waals surface area contributed by atoms with Gasteiger partial charge in [0.2, 0.25) is 0 Å². The molecule has 0 N–H and O–H groups in total. The van der Waals surface area contributed by atoms with Gasteiger partial charge in [-0.1, -0.05) is 12.1 Å². The first-order valence-corrected chi connectivity index (χ1v) is 10.7. The average Bonchev–Trinajstić information content (AvgIpc) is 3.18. The van der Waals surface area contributed by atoms with Gasteiger partial charge in [-0.25, -0.2) is 15.0 Å². The lowest BCUT2D eigenvalue weighted by atomic mass is 9.78. The van der Waals surface area contributed by atoms with Gasteiger partial charge in [0.15, 0.2) is 5.82 Å². The van der Waals surface area contributed by atoms with E-state index in [-0.39, 0.29) is 0 Å². The SMILES string of the molecule is COc1cc(-c2cnn(C)c2)ccc1Cc1ncc2ccnc(N3CC4(COC4)C3)c2n1. The Labute approximate surface area is 185 Å². The monoisotopic (exact) mass is 428 g/mol. The Morgan fingerprint density at radius 2 is 1.97 bits per heavy atom. The molecule has 5 heterocycles. The molecule has 0 radical (unpaired) electrons. The fourth-order valence-corrected chi connectivity index (χ4v) is 4.59. The average molecular weight is 428 g/mol. The number of ether oxygens (including phenoxy) is 2. The molecular weight excluding hydrogens is 404 g/mol. The van der Waals surface area contributed by atoms with Gasteiger partial charge in [-0.3, -0.25) is 4.68 Å². The molecular formula is C24H24N6O2. The van der Waals surface area contributed by atoms with E-state index in [0.717, 1.165) is 71.3 Å². The Morgan fingerprint density at radius 1 is 1.09 bits per heavy atom. The van der Waals surface area contributed by atoms with Gasteiger partial charge in [0, 0.05) is 61.7 Å². The summed E-state index contributed by atoms with van der Waals surface area (Å²) in [6, 6.07) is 8.17. The van der Waals surface area contributed by atoms with Crippen LogP contribution in [-0.2, 0) is 18.2 Å². The van der Waals surface area contributed by atoms with Crippen LogP contribution in [0.15, 0.2) is 49.1 Å². The van der Waals surface area contributed by atoms with Crippen LogP contribution in [0.5, 0.6) is 5.75 Å². The zero-order chi connectivity index (χ0) is 21.7. The van der Waals surface area contributed by atoms with E-state index in [1.165, 1.54) is 0 Å². The number of benzene rings is 1. The highest BCUT2D eigenvalue weighted by Crippen LogP contribution is 2.41. The molecule has 0 aliphatic carbocycles. The van der Waals surface area contributed by atoms with Crippen LogP contribution in [0, 0.1) is 5.41 Å². The summed E-state index contributed by atoms with van der Waals surface area (Å²) < 4.78 is 12.9. The molecule has 8 heteroatoms. The fourth-order valence-electron chi connectivity index (χ4n) is 4.59. The minimum absolute atomic E-state index is 0.323. The molecule has 2 saturated heterocycles. The van der Waals surface area contributed by atoms with Gasteiger partial charge >= 0.3 is 0 Å². The summed E-state index contributed by atoms with van der Waals surface area (Å²) in [6.45, 7) is 3.65. The molecule has 2 aliphatic heterocycles. The number of anilines is 1. The second kappa shape index (κ2) is 7.27. The van der Waals surface area contributed by atoms with Crippen LogP contribution in [0.4, 0.5) is 5.82 Å². The molecule has 0 unspecified atom stereocenters. The van der Waals surface area contributed by atoms with Gasteiger partial charge in [-0.2, -0.15) is 5.10 Å². The number of aromatic nitrogens is 5. The Morgan fingerprint density at radius 3 is 2.69 bits per heavy atom. The second-order valence-electron chi connectivity index (χ2n) is 8.81. The number of aryl methyl sites for hydroxylation is 1. The van der Waals surface area contributed by atoms with E-state index in [0.29, 0.717) is 11.8 Å². The van der Waals surface area contributed by atoms with Crippen molar-refractivity contribution in [1.29, 1.82) is 0 Å². The summed E-state index contributed by atoms with van der Waals surface area (Å²) in [7, 11) is 3.61. The third-order valence-electron chi connectivity index (χ3n) is 6.37. The molecule has 32 heavy (non-hydrogen) atoms. The maximum Gasteiger partial charge on any atom is 0.155 e. The van der Waals surface area contributed by atoms with Crippen molar-refractivity contribution in [1.82, 2.24) is 24.7 Å². The van der Waals surface area contributed by atoms with E-state index < -0.39 is 0 Å². The topological polar surface area (TPSA) is 78.2 Å². The van der Waals surface area contributed by atoms with Crippen molar-refractivity contribution in [3.8, 4) is 16.9 Å². The van der Waals surface area contributed by atoms with Crippen LogP contribution in [0.3, 0.4) is 0 Å². The lowest BCUT2D eigenvalue weighted by Gasteiger charge is -2.55. The molecule has 2 aliphatic rings. The van der Waals surface area contributed by atoms with Crippen molar-refractivity contribution >= 4 is 16.7 Å². The zero-order valence-corrected chi connectivity index (χ0v) is 18.2. The first-order chi connectivity index (χ1) is 15.6. The molecule has 6 rings (SSSR count). The van der Waals surface area contributed by atoms with Crippen LogP contribution in [0.25, 0.3) is 22.0 Å². The molecule has 0 amide bonds. The third kappa shape index (κ3) is 3.18. The predicted molar refractivity (Wildman–Crippen MR) is 121 cm³/mol. The number of hydrogen-bond acceptors (Lipinski definition) is 7.